The van der Waals surface area contributed by atoms with Crippen LogP contribution in [-0.2, 0) is 5.54 Å². The summed E-state index contributed by atoms with van der Waals surface area (Å²) in [7, 11) is 0. The molecule has 0 fully saturated rings. The van der Waals surface area contributed by atoms with Crippen LogP contribution in [0.4, 0.5) is 0 Å². The molecule has 2 N–H and O–H groups in total. The maximum absolute atomic E-state index is 5.99. The number of rotatable bonds is 3. The molecule has 1 aliphatic rings. The molecule has 2 rings (SSSR count). The van der Waals surface area contributed by atoms with E-state index in [9.17, 15) is 0 Å². The highest BCUT2D eigenvalue weighted by molar-refractivity contribution is 5.81. The standard InChI is InChI=1S/C15H21N3/c1-5-8-18-14(16)17-10-15(18,4)13-7-6-11(2)9-12(13)3/h5-7,9H,1,8,10H2,2-4H3,(H2,16,17). The molecule has 1 aliphatic heterocycles. The fourth-order valence-corrected chi connectivity index (χ4v) is 2.73. The predicted molar refractivity (Wildman–Crippen MR) is 76.7 cm³/mol. The Hall–Kier alpha value is -1.77. The van der Waals surface area contributed by atoms with Crippen LogP contribution in [0.15, 0.2) is 35.8 Å². The number of aryl methyl sites for hydroxylation is 2. The highest BCUT2D eigenvalue weighted by Gasteiger charge is 2.39. The number of hydrogen-bond donors (Lipinski definition) is 1. The minimum atomic E-state index is -0.157. The molecule has 1 heterocycles. The van der Waals surface area contributed by atoms with Crippen molar-refractivity contribution in [3.63, 3.8) is 0 Å². The SMILES string of the molecule is C=CCN1C(N)=NCC1(C)c1ccc(C)cc1C. The Morgan fingerprint density at radius 1 is 1.50 bits per heavy atom. The molecule has 3 nitrogen and oxygen atoms in total. The monoisotopic (exact) mass is 243 g/mol. The van der Waals surface area contributed by atoms with Gasteiger partial charge in [-0.3, -0.25) is 4.99 Å². The zero-order valence-electron chi connectivity index (χ0n) is 11.4. The fourth-order valence-electron chi connectivity index (χ4n) is 2.73. The Bertz CT molecular complexity index is 504. The largest absolute Gasteiger partial charge is 0.370 e. The molecule has 0 saturated heterocycles. The molecule has 18 heavy (non-hydrogen) atoms. The van der Waals surface area contributed by atoms with Gasteiger partial charge in [0.1, 0.15) is 0 Å². The van der Waals surface area contributed by atoms with Gasteiger partial charge < -0.3 is 10.6 Å². The van der Waals surface area contributed by atoms with Crippen molar-refractivity contribution in [2.75, 3.05) is 13.1 Å². The van der Waals surface area contributed by atoms with Crippen molar-refractivity contribution in [1.29, 1.82) is 0 Å². The van der Waals surface area contributed by atoms with Gasteiger partial charge in [0.25, 0.3) is 0 Å². The summed E-state index contributed by atoms with van der Waals surface area (Å²) >= 11 is 0. The van der Waals surface area contributed by atoms with E-state index in [1.165, 1.54) is 16.7 Å². The molecule has 0 aliphatic carbocycles. The molecule has 0 aromatic heterocycles. The van der Waals surface area contributed by atoms with Crippen molar-refractivity contribution in [2.24, 2.45) is 10.7 Å². The maximum Gasteiger partial charge on any atom is 0.192 e. The lowest BCUT2D eigenvalue weighted by Gasteiger charge is -2.37. The van der Waals surface area contributed by atoms with E-state index in [4.69, 9.17) is 5.73 Å². The zero-order chi connectivity index (χ0) is 13.3. The molecule has 0 radical (unpaired) electrons. The molecular formula is C15H21N3. The lowest BCUT2D eigenvalue weighted by Crippen LogP contribution is -2.47. The summed E-state index contributed by atoms with van der Waals surface area (Å²) in [6, 6.07) is 6.55. The van der Waals surface area contributed by atoms with E-state index in [-0.39, 0.29) is 5.54 Å². The predicted octanol–water partition coefficient (Wildman–Crippen LogP) is 2.33. The van der Waals surface area contributed by atoms with Gasteiger partial charge in [-0.25, -0.2) is 0 Å². The van der Waals surface area contributed by atoms with Crippen LogP contribution in [0.5, 0.6) is 0 Å². The molecule has 3 heteroatoms. The van der Waals surface area contributed by atoms with Crippen LogP contribution in [0, 0.1) is 13.8 Å². The molecular weight excluding hydrogens is 222 g/mol. The van der Waals surface area contributed by atoms with Crippen molar-refractivity contribution in [3.8, 4) is 0 Å². The Morgan fingerprint density at radius 3 is 2.83 bits per heavy atom. The fraction of sp³-hybridized carbons (Fsp3) is 0.400. The Balaban J connectivity index is 2.45. The second kappa shape index (κ2) is 4.48. The minimum absolute atomic E-state index is 0.157. The van der Waals surface area contributed by atoms with Crippen molar-refractivity contribution in [2.45, 2.75) is 26.3 Å². The number of hydrogen-bond acceptors (Lipinski definition) is 3. The van der Waals surface area contributed by atoms with Crippen LogP contribution in [0.3, 0.4) is 0 Å². The summed E-state index contributed by atoms with van der Waals surface area (Å²) in [5, 5.41) is 0. The second-order valence-electron chi connectivity index (χ2n) is 5.17. The average molecular weight is 243 g/mol. The Morgan fingerprint density at radius 2 is 2.22 bits per heavy atom. The van der Waals surface area contributed by atoms with Crippen LogP contribution in [0.2, 0.25) is 0 Å². The molecule has 0 bridgehead atoms. The topological polar surface area (TPSA) is 41.6 Å². The van der Waals surface area contributed by atoms with Crippen LogP contribution in [0.25, 0.3) is 0 Å². The van der Waals surface area contributed by atoms with Gasteiger partial charge in [-0.05, 0) is 31.9 Å². The first-order valence-corrected chi connectivity index (χ1v) is 6.25. The van der Waals surface area contributed by atoms with E-state index in [1.54, 1.807) is 0 Å². The van der Waals surface area contributed by atoms with Crippen molar-refractivity contribution >= 4 is 5.96 Å². The Kier molecular flexibility index (Phi) is 3.16. The zero-order valence-corrected chi connectivity index (χ0v) is 11.4. The van der Waals surface area contributed by atoms with Gasteiger partial charge in [0.05, 0.1) is 12.1 Å². The van der Waals surface area contributed by atoms with Crippen molar-refractivity contribution < 1.29 is 0 Å². The molecule has 1 aromatic carbocycles. The molecule has 1 unspecified atom stereocenters. The molecule has 96 valence electrons. The highest BCUT2D eigenvalue weighted by Crippen LogP contribution is 2.34. The third-order valence-electron chi connectivity index (χ3n) is 3.70. The summed E-state index contributed by atoms with van der Waals surface area (Å²) in [6.45, 7) is 11.7. The maximum atomic E-state index is 5.99. The van der Waals surface area contributed by atoms with Crippen LogP contribution < -0.4 is 5.73 Å². The smallest absolute Gasteiger partial charge is 0.192 e. The number of aliphatic imine (C=N–C) groups is 1. The first-order valence-electron chi connectivity index (χ1n) is 6.25. The molecule has 1 atom stereocenters. The summed E-state index contributed by atoms with van der Waals surface area (Å²) in [6.07, 6.45) is 1.87. The Labute approximate surface area is 109 Å². The molecule has 0 saturated carbocycles. The van der Waals surface area contributed by atoms with Gasteiger partial charge in [-0.2, -0.15) is 0 Å². The highest BCUT2D eigenvalue weighted by atomic mass is 15.3. The van der Waals surface area contributed by atoms with Crippen LogP contribution >= 0.6 is 0 Å². The van der Waals surface area contributed by atoms with Gasteiger partial charge in [0.2, 0.25) is 0 Å². The third kappa shape index (κ3) is 1.90. The number of nitrogens with two attached hydrogens (primary N) is 1. The summed E-state index contributed by atoms with van der Waals surface area (Å²) in [4.78, 5) is 6.52. The van der Waals surface area contributed by atoms with Gasteiger partial charge in [0, 0.05) is 6.54 Å². The first kappa shape index (κ1) is 12.7. The quantitative estimate of drug-likeness (QED) is 0.828. The van der Waals surface area contributed by atoms with Gasteiger partial charge in [-0.1, -0.05) is 29.8 Å². The lowest BCUT2D eigenvalue weighted by atomic mass is 9.87. The summed E-state index contributed by atoms with van der Waals surface area (Å²) in [5.41, 5.74) is 9.69. The minimum Gasteiger partial charge on any atom is -0.370 e. The average Bonchev–Trinajstić information content (AvgIpc) is 2.58. The summed E-state index contributed by atoms with van der Waals surface area (Å²) in [5.74, 6) is 0.609. The van der Waals surface area contributed by atoms with Crippen molar-refractivity contribution in [3.05, 3.63) is 47.5 Å². The first-order chi connectivity index (χ1) is 8.49. The number of benzene rings is 1. The van der Waals surface area contributed by atoms with E-state index < -0.39 is 0 Å². The van der Waals surface area contributed by atoms with Gasteiger partial charge in [-0.15, -0.1) is 6.58 Å². The lowest BCUT2D eigenvalue weighted by molar-refractivity contribution is 0.244. The second-order valence-corrected chi connectivity index (χ2v) is 5.17. The summed E-state index contributed by atoms with van der Waals surface area (Å²) < 4.78 is 0. The molecule has 0 amide bonds. The van der Waals surface area contributed by atoms with E-state index in [2.05, 4.69) is 55.4 Å². The van der Waals surface area contributed by atoms with E-state index in [0.717, 1.165) is 6.54 Å². The van der Waals surface area contributed by atoms with Crippen LogP contribution in [0.1, 0.15) is 23.6 Å². The van der Waals surface area contributed by atoms with Gasteiger partial charge >= 0.3 is 0 Å². The molecule has 1 aromatic rings. The van der Waals surface area contributed by atoms with E-state index in [1.807, 2.05) is 6.08 Å². The van der Waals surface area contributed by atoms with Gasteiger partial charge in [0.15, 0.2) is 5.96 Å². The van der Waals surface area contributed by atoms with Crippen LogP contribution in [-0.4, -0.2) is 23.9 Å². The van der Waals surface area contributed by atoms with Crippen molar-refractivity contribution in [1.82, 2.24) is 4.90 Å². The molecule has 0 spiro atoms. The normalized spacial score (nSPS) is 23.1. The third-order valence-corrected chi connectivity index (χ3v) is 3.70. The van der Waals surface area contributed by atoms with E-state index >= 15 is 0 Å². The number of guanidine groups is 1. The number of nitrogens with zero attached hydrogens (tertiary/aromatic N) is 2. The van der Waals surface area contributed by atoms with E-state index in [0.29, 0.717) is 12.5 Å².